The predicted molar refractivity (Wildman–Crippen MR) is 274 cm³/mol. The fourth-order valence-electron chi connectivity index (χ4n) is 8.23. The van der Waals surface area contributed by atoms with Crippen LogP contribution < -0.4 is 4.90 Å². The van der Waals surface area contributed by atoms with Gasteiger partial charge in [-0.25, -0.2) is 0 Å². The molecule has 1 nitrogen and oxygen atoms in total. The van der Waals surface area contributed by atoms with E-state index in [0.29, 0.717) is 0 Å². The lowest BCUT2D eigenvalue weighted by atomic mass is 9.92. The van der Waals surface area contributed by atoms with Crippen LogP contribution in [0.4, 0.5) is 17.1 Å². The summed E-state index contributed by atoms with van der Waals surface area (Å²) in [5, 5.41) is 12.7. The highest BCUT2D eigenvalue weighted by molar-refractivity contribution is 9.10. The minimum Gasteiger partial charge on any atom is -0.310 e. The molecule has 0 saturated heterocycles. The molecule has 0 aliphatic carbocycles. The van der Waals surface area contributed by atoms with Crippen molar-refractivity contribution in [2.45, 2.75) is 53.9 Å². The molecule has 0 aliphatic rings. The molecule has 0 aromatic heterocycles. The van der Waals surface area contributed by atoms with Gasteiger partial charge in [-0.2, -0.15) is 0 Å². The second-order valence-electron chi connectivity index (χ2n) is 16.2. The number of halogens is 2. The molecular weight excluding hydrogens is 870 g/mol. The van der Waals surface area contributed by atoms with Crippen molar-refractivity contribution in [3.05, 3.63) is 219 Å². The first-order chi connectivity index (χ1) is 29.6. The van der Waals surface area contributed by atoms with Crippen molar-refractivity contribution in [3.8, 4) is 0 Å². The maximum Gasteiger partial charge on any atom is 0.0546 e. The van der Waals surface area contributed by atoms with E-state index >= 15 is 0 Å². The molecule has 0 bridgehead atoms. The summed E-state index contributed by atoms with van der Waals surface area (Å²) < 4.78 is 2.23. The van der Waals surface area contributed by atoms with E-state index in [2.05, 4.69) is 253 Å². The van der Waals surface area contributed by atoms with Gasteiger partial charge >= 0.3 is 0 Å². The maximum atomic E-state index is 3.62. The quantitative estimate of drug-likeness (QED) is 0.150. The van der Waals surface area contributed by atoms with Crippen LogP contribution in [0.15, 0.2) is 191 Å². The monoisotopic (exact) mass is 919 g/mol. The molecule has 0 atom stereocenters. The third kappa shape index (κ3) is 9.60. The number of unbranched alkanes of at least 4 members (excludes halogenated alkanes) is 1. The van der Waals surface area contributed by atoms with Gasteiger partial charge in [-0.05, 0) is 155 Å². The molecule has 10 rings (SSSR count). The van der Waals surface area contributed by atoms with Gasteiger partial charge in [-0.3, -0.25) is 0 Å². The van der Waals surface area contributed by atoms with Gasteiger partial charge in [-0.15, -0.1) is 0 Å². The van der Waals surface area contributed by atoms with Gasteiger partial charge in [0.25, 0.3) is 0 Å². The summed E-state index contributed by atoms with van der Waals surface area (Å²) in [5.41, 5.74) is 10.2. The van der Waals surface area contributed by atoms with Crippen LogP contribution in [0.25, 0.3) is 53.9 Å². The molecule has 61 heavy (non-hydrogen) atoms. The molecule has 0 unspecified atom stereocenters. The average molecular weight is 922 g/mol. The Morgan fingerprint density at radius 1 is 0.393 bits per heavy atom. The van der Waals surface area contributed by atoms with E-state index in [1.165, 1.54) is 107 Å². The molecule has 0 saturated carbocycles. The van der Waals surface area contributed by atoms with Gasteiger partial charge < -0.3 is 4.90 Å². The molecule has 0 fully saturated rings. The van der Waals surface area contributed by atoms with Crippen molar-refractivity contribution < 1.29 is 0 Å². The predicted octanol–water partition coefficient (Wildman–Crippen LogP) is 18.4. The molecule has 302 valence electrons. The average Bonchev–Trinajstić information content (AvgIpc) is 3.28. The molecule has 0 amide bonds. The van der Waals surface area contributed by atoms with Crippen LogP contribution in [-0.4, -0.2) is 0 Å². The maximum absolute atomic E-state index is 3.62. The zero-order valence-electron chi connectivity index (χ0n) is 35.6. The second-order valence-corrected chi connectivity index (χ2v) is 18.0. The zero-order chi connectivity index (χ0) is 42.5. The SMILES string of the molecule is CCCCc1ccc(C)cc1.Cc1ccc(N(c2ccc3cc(Br)ccc3c2)c2cc3c4ccccc4c(C)cc3c3ccccc23)cc1.Cc1ccc2cc(Br)ccc2c1. The molecule has 0 spiro atoms. The first-order valence-corrected chi connectivity index (χ1v) is 22.8. The van der Waals surface area contributed by atoms with E-state index in [4.69, 9.17) is 0 Å². The normalized spacial score (nSPS) is 11.1. The number of fused-ring (bicyclic) bond motifs is 7. The van der Waals surface area contributed by atoms with E-state index < -0.39 is 0 Å². The van der Waals surface area contributed by atoms with Gasteiger partial charge in [0.05, 0.1) is 5.69 Å². The number of hydrogen-bond donors (Lipinski definition) is 0. The summed E-state index contributed by atoms with van der Waals surface area (Å²) in [6, 6.07) is 66.1. The Bertz CT molecular complexity index is 3090. The van der Waals surface area contributed by atoms with Crippen molar-refractivity contribution in [1.82, 2.24) is 0 Å². The Hall–Kier alpha value is -5.74. The van der Waals surface area contributed by atoms with Gasteiger partial charge in [-0.1, -0.05) is 189 Å². The summed E-state index contributed by atoms with van der Waals surface area (Å²) in [7, 11) is 0. The lowest BCUT2D eigenvalue weighted by Gasteiger charge is -2.28. The Morgan fingerprint density at radius 2 is 0.869 bits per heavy atom. The summed E-state index contributed by atoms with van der Waals surface area (Å²) in [4.78, 5) is 2.41. The molecule has 10 aromatic rings. The van der Waals surface area contributed by atoms with Crippen LogP contribution in [0, 0.1) is 27.7 Å². The third-order valence-electron chi connectivity index (χ3n) is 11.5. The third-order valence-corrected chi connectivity index (χ3v) is 12.5. The van der Waals surface area contributed by atoms with Crippen LogP contribution in [-0.2, 0) is 6.42 Å². The molecule has 3 heteroatoms. The fourth-order valence-corrected chi connectivity index (χ4v) is 8.99. The molecule has 0 heterocycles. The number of nitrogens with zero attached hydrogens (tertiary/aromatic N) is 1. The fraction of sp³-hybridized carbons (Fsp3) is 0.138. The van der Waals surface area contributed by atoms with E-state index in [1.807, 2.05) is 0 Å². The van der Waals surface area contributed by atoms with Crippen molar-refractivity contribution in [1.29, 1.82) is 0 Å². The Balaban J connectivity index is 0.000000181. The van der Waals surface area contributed by atoms with Crippen molar-refractivity contribution >= 4 is 103 Å². The van der Waals surface area contributed by atoms with Gasteiger partial charge in [0.2, 0.25) is 0 Å². The number of rotatable bonds is 6. The van der Waals surface area contributed by atoms with E-state index in [0.717, 1.165) is 20.3 Å². The van der Waals surface area contributed by atoms with E-state index in [9.17, 15) is 0 Å². The van der Waals surface area contributed by atoms with Crippen LogP contribution in [0.2, 0.25) is 0 Å². The topological polar surface area (TPSA) is 3.24 Å². The summed E-state index contributed by atoms with van der Waals surface area (Å²) in [5.74, 6) is 0. The van der Waals surface area contributed by atoms with E-state index in [-0.39, 0.29) is 0 Å². The molecule has 0 N–H and O–H groups in total. The standard InChI is InChI=1S/C36H26BrN.C11H9Br.C11H16/c1-23-11-16-28(17-12-23)38(29-18-14-25-20-27(37)15-13-26(25)21-29)36-22-35-31-8-4-3-7-30(31)24(2)19-34(35)32-9-5-6-10-33(32)36;1-8-2-3-10-7-11(12)5-4-9(10)6-8;1-3-4-5-11-8-6-10(2)7-9-11/h3-22H,1-2H3;2-7H,1H3;6-9H,3-5H2,1-2H3. The second kappa shape index (κ2) is 18.9. The van der Waals surface area contributed by atoms with Crippen LogP contribution >= 0.6 is 31.9 Å². The molecule has 0 radical (unpaired) electrons. The van der Waals surface area contributed by atoms with Crippen molar-refractivity contribution in [2.24, 2.45) is 0 Å². The number of anilines is 3. The van der Waals surface area contributed by atoms with Crippen molar-refractivity contribution in [3.63, 3.8) is 0 Å². The van der Waals surface area contributed by atoms with Gasteiger partial charge in [0, 0.05) is 25.7 Å². The first-order valence-electron chi connectivity index (χ1n) is 21.3. The lowest BCUT2D eigenvalue weighted by molar-refractivity contribution is 0.795. The van der Waals surface area contributed by atoms with Gasteiger partial charge in [0.1, 0.15) is 0 Å². The summed E-state index contributed by atoms with van der Waals surface area (Å²) in [6.45, 7) is 10.8. The van der Waals surface area contributed by atoms with Crippen LogP contribution in [0.3, 0.4) is 0 Å². The number of benzene rings is 10. The summed E-state index contributed by atoms with van der Waals surface area (Å²) >= 11 is 7.08. The first kappa shape index (κ1) is 42.0. The molecular formula is C58H51Br2N. The number of hydrogen-bond acceptors (Lipinski definition) is 1. The lowest BCUT2D eigenvalue weighted by Crippen LogP contribution is -2.10. The Labute approximate surface area is 377 Å². The zero-order valence-corrected chi connectivity index (χ0v) is 38.8. The highest BCUT2D eigenvalue weighted by atomic mass is 79.9. The summed E-state index contributed by atoms with van der Waals surface area (Å²) in [6.07, 6.45) is 3.83. The molecule has 0 aliphatic heterocycles. The Kier molecular flexibility index (Phi) is 13.0. The largest absolute Gasteiger partial charge is 0.310 e. The molecule has 10 aromatic carbocycles. The highest BCUT2D eigenvalue weighted by Gasteiger charge is 2.19. The Morgan fingerprint density at radius 3 is 1.51 bits per heavy atom. The van der Waals surface area contributed by atoms with Crippen LogP contribution in [0.1, 0.15) is 47.6 Å². The van der Waals surface area contributed by atoms with E-state index in [1.54, 1.807) is 0 Å². The van der Waals surface area contributed by atoms with Crippen LogP contribution in [0.5, 0.6) is 0 Å². The van der Waals surface area contributed by atoms with Gasteiger partial charge in [0.15, 0.2) is 0 Å². The highest BCUT2D eigenvalue weighted by Crippen LogP contribution is 2.44. The smallest absolute Gasteiger partial charge is 0.0546 e. The minimum atomic E-state index is 1.09. The van der Waals surface area contributed by atoms with Crippen molar-refractivity contribution in [2.75, 3.05) is 4.90 Å². The minimum absolute atomic E-state index is 1.09. The number of aryl methyl sites for hydroxylation is 5.